The molecule has 5 heteroatoms. The molecule has 0 fully saturated rings. The monoisotopic (exact) mass is 293 g/mol. The van der Waals surface area contributed by atoms with E-state index in [-0.39, 0.29) is 6.42 Å². The molecule has 0 amide bonds. The van der Waals surface area contributed by atoms with Crippen LogP contribution in [0.5, 0.6) is 0 Å². The number of carboxylic acids is 1. The molecular formula is C14H15NO2S2. The van der Waals surface area contributed by atoms with Crippen LogP contribution in [0, 0.1) is 13.8 Å². The third-order valence-electron chi connectivity index (χ3n) is 2.63. The number of thiazole rings is 1. The summed E-state index contributed by atoms with van der Waals surface area (Å²) in [6.45, 7) is 3.94. The van der Waals surface area contributed by atoms with Crippen molar-refractivity contribution in [3.05, 3.63) is 45.4 Å². The average molecular weight is 293 g/mol. The highest BCUT2D eigenvalue weighted by Crippen LogP contribution is 2.27. The van der Waals surface area contributed by atoms with Gasteiger partial charge in [0.05, 0.1) is 17.9 Å². The molecule has 2 aromatic rings. The lowest BCUT2D eigenvalue weighted by atomic mass is 10.2. The highest BCUT2D eigenvalue weighted by Gasteiger charge is 2.11. The Morgan fingerprint density at radius 1 is 1.32 bits per heavy atom. The van der Waals surface area contributed by atoms with Gasteiger partial charge in [0.25, 0.3) is 0 Å². The van der Waals surface area contributed by atoms with Crippen molar-refractivity contribution in [2.45, 2.75) is 30.9 Å². The van der Waals surface area contributed by atoms with Crippen LogP contribution in [0.4, 0.5) is 0 Å². The highest BCUT2D eigenvalue weighted by atomic mass is 32.2. The molecule has 0 bridgehead atoms. The van der Waals surface area contributed by atoms with E-state index in [9.17, 15) is 4.79 Å². The summed E-state index contributed by atoms with van der Waals surface area (Å²) in [4.78, 5) is 17.2. The van der Waals surface area contributed by atoms with Gasteiger partial charge in [-0.05, 0) is 26.0 Å². The summed E-state index contributed by atoms with van der Waals surface area (Å²) in [5.74, 6) is -0.0155. The molecule has 0 spiro atoms. The Morgan fingerprint density at radius 3 is 2.63 bits per heavy atom. The summed E-state index contributed by atoms with van der Waals surface area (Å²) >= 11 is 3.22. The van der Waals surface area contributed by atoms with Crippen molar-refractivity contribution in [3.8, 4) is 0 Å². The van der Waals surface area contributed by atoms with Crippen molar-refractivity contribution < 1.29 is 9.90 Å². The fourth-order valence-corrected chi connectivity index (χ4v) is 3.58. The summed E-state index contributed by atoms with van der Waals surface area (Å²) in [6.07, 6.45) is 0.0682. The summed E-state index contributed by atoms with van der Waals surface area (Å²) < 4.78 is 0. The van der Waals surface area contributed by atoms with E-state index in [0.717, 1.165) is 21.3 Å². The van der Waals surface area contributed by atoms with Crippen LogP contribution in [-0.4, -0.2) is 16.1 Å². The minimum atomic E-state index is -0.801. The van der Waals surface area contributed by atoms with Crippen molar-refractivity contribution in [3.63, 3.8) is 0 Å². The van der Waals surface area contributed by atoms with Crippen LogP contribution in [0.25, 0.3) is 0 Å². The zero-order chi connectivity index (χ0) is 13.8. The van der Waals surface area contributed by atoms with E-state index in [1.165, 1.54) is 21.8 Å². The Hall–Kier alpha value is -1.33. The second-order valence-corrected chi connectivity index (χ2v) is 6.51. The minimum Gasteiger partial charge on any atom is -0.481 e. The fraction of sp³-hybridized carbons (Fsp3) is 0.286. The van der Waals surface area contributed by atoms with E-state index in [0.29, 0.717) is 0 Å². The minimum absolute atomic E-state index is 0.0682. The molecule has 1 heterocycles. The molecule has 100 valence electrons. The number of aryl methyl sites for hydroxylation is 2. The lowest BCUT2D eigenvalue weighted by molar-refractivity contribution is -0.136. The molecule has 0 atom stereocenters. The fourth-order valence-electron chi connectivity index (χ4n) is 1.63. The Kier molecular flexibility index (Phi) is 4.61. The third kappa shape index (κ3) is 4.08. The average Bonchev–Trinajstić information content (AvgIpc) is 2.69. The van der Waals surface area contributed by atoms with Crippen LogP contribution in [0.15, 0.2) is 29.2 Å². The topological polar surface area (TPSA) is 50.2 Å². The molecule has 0 aliphatic carbocycles. The molecule has 3 nitrogen and oxygen atoms in total. The first-order valence-electron chi connectivity index (χ1n) is 5.91. The number of nitrogens with zero attached hydrogens (tertiary/aromatic N) is 1. The number of carboxylic acid groups (broad SMARTS) is 1. The molecule has 1 aromatic carbocycles. The molecular weight excluding hydrogens is 278 g/mol. The van der Waals surface area contributed by atoms with Gasteiger partial charge in [0.1, 0.15) is 5.01 Å². The number of aliphatic carboxylic acids is 1. The first-order chi connectivity index (χ1) is 9.04. The predicted octanol–water partition coefficient (Wildman–Crippen LogP) is 3.68. The second kappa shape index (κ2) is 6.21. The lowest BCUT2D eigenvalue weighted by Gasteiger charge is -1.99. The van der Waals surface area contributed by atoms with Gasteiger partial charge in [-0.15, -0.1) is 23.1 Å². The number of benzene rings is 1. The normalized spacial score (nSPS) is 10.6. The zero-order valence-corrected chi connectivity index (χ0v) is 12.5. The standard InChI is InChI=1S/C14H15NO2S2/c1-9-3-5-11(6-4-9)18-8-13-15-10(2)12(19-13)7-14(16)17/h3-6H,7-8H2,1-2H3,(H,16,17). The first-order valence-corrected chi connectivity index (χ1v) is 7.71. The molecule has 0 aliphatic rings. The zero-order valence-electron chi connectivity index (χ0n) is 10.8. The van der Waals surface area contributed by atoms with Gasteiger partial charge in [-0.25, -0.2) is 4.98 Å². The van der Waals surface area contributed by atoms with Crippen molar-refractivity contribution in [1.29, 1.82) is 0 Å². The van der Waals surface area contributed by atoms with Gasteiger partial charge >= 0.3 is 5.97 Å². The third-order valence-corrected chi connectivity index (χ3v) is 5.00. The molecule has 0 aliphatic heterocycles. The lowest BCUT2D eigenvalue weighted by Crippen LogP contribution is -1.99. The quantitative estimate of drug-likeness (QED) is 0.854. The maximum atomic E-state index is 10.7. The molecule has 2 rings (SSSR count). The summed E-state index contributed by atoms with van der Waals surface area (Å²) in [7, 11) is 0. The predicted molar refractivity (Wildman–Crippen MR) is 78.9 cm³/mol. The van der Waals surface area contributed by atoms with Gasteiger partial charge in [0, 0.05) is 9.77 Å². The maximum absolute atomic E-state index is 10.7. The number of carbonyl (C=O) groups is 1. The SMILES string of the molecule is Cc1ccc(SCc2nc(C)c(CC(=O)O)s2)cc1. The van der Waals surface area contributed by atoms with Crippen molar-refractivity contribution in [1.82, 2.24) is 4.98 Å². The van der Waals surface area contributed by atoms with E-state index in [1.54, 1.807) is 11.8 Å². The molecule has 1 aromatic heterocycles. The van der Waals surface area contributed by atoms with Gasteiger partial charge in [-0.1, -0.05) is 17.7 Å². The molecule has 19 heavy (non-hydrogen) atoms. The Labute approximate surface area is 120 Å². The van der Waals surface area contributed by atoms with Gasteiger partial charge in [-0.3, -0.25) is 4.79 Å². The number of aromatic nitrogens is 1. The Balaban J connectivity index is 1.99. The van der Waals surface area contributed by atoms with Gasteiger partial charge in [-0.2, -0.15) is 0 Å². The second-order valence-electron chi connectivity index (χ2n) is 4.29. The Morgan fingerprint density at radius 2 is 2.00 bits per heavy atom. The van der Waals surface area contributed by atoms with Crippen LogP contribution in [0.2, 0.25) is 0 Å². The number of hydrogen-bond donors (Lipinski definition) is 1. The maximum Gasteiger partial charge on any atom is 0.308 e. The van der Waals surface area contributed by atoms with Crippen LogP contribution >= 0.6 is 23.1 Å². The molecule has 1 N–H and O–H groups in total. The molecule has 0 saturated carbocycles. The van der Waals surface area contributed by atoms with Crippen LogP contribution < -0.4 is 0 Å². The van der Waals surface area contributed by atoms with Gasteiger partial charge < -0.3 is 5.11 Å². The smallest absolute Gasteiger partial charge is 0.308 e. The molecule has 0 radical (unpaired) electrons. The highest BCUT2D eigenvalue weighted by molar-refractivity contribution is 7.98. The van der Waals surface area contributed by atoms with Crippen LogP contribution in [0.1, 0.15) is 21.1 Å². The van der Waals surface area contributed by atoms with E-state index in [1.807, 2.05) is 6.92 Å². The van der Waals surface area contributed by atoms with Gasteiger partial charge in [0.2, 0.25) is 0 Å². The number of thioether (sulfide) groups is 1. The number of rotatable bonds is 5. The van der Waals surface area contributed by atoms with Crippen LogP contribution in [-0.2, 0) is 17.0 Å². The van der Waals surface area contributed by atoms with Crippen molar-refractivity contribution in [2.24, 2.45) is 0 Å². The Bertz CT molecular complexity index is 576. The largest absolute Gasteiger partial charge is 0.481 e. The summed E-state index contributed by atoms with van der Waals surface area (Å²) in [6, 6.07) is 8.37. The van der Waals surface area contributed by atoms with Crippen molar-refractivity contribution in [2.75, 3.05) is 0 Å². The van der Waals surface area contributed by atoms with Crippen LogP contribution in [0.3, 0.4) is 0 Å². The van der Waals surface area contributed by atoms with E-state index in [2.05, 4.69) is 36.2 Å². The van der Waals surface area contributed by atoms with E-state index >= 15 is 0 Å². The first kappa shape index (κ1) is 14.1. The number of hydrogen-bond acceptors (Lipinski definition) is 4. The van der Waals surface area contributed by atoms with Crippen molar-refractivity contribution >= 4 is 29.1 Å². The van der Waals surface area contributed by atoms with Gasteiger partial charge in [0.15, 0.2) is 0 Å². The summed E-state index contributed by atoms with van der Waals surface area (Å²) in [5.41, 5.74) is 2.09. The van der Waals surface area contributed by atoms with E-state index in [4.69, 9.17) is 5.11 Å². The molecule has 0 unspecified atom stereocenters. The molecule has 0 saturated heterocycles. The summed E-state index contributed by atoms with van der Waals surface area (Å²) in [5, 5.41) is 9.79. The van der Waals surface area contributed by atoms with E-state index < -0.39 is 5.97 Å².